The van der Waals surface area contributed by atoms with Gasteiger partial charge in [-0.15, -0.1) is 0 Å². The molecule has 0 aromatic heterocycles. The van der Waals surface area contributed by atoms with E-state index in [4.69, 9.17) is 0 Å². The normalized spacial score (nSPS) is 12.2. The molecule has 0 unspecified atom stereocenters. The summed E-state index contributed by atoms with van der Waals surface area (Å²) in [7, 11) is 0. The lowest BCUT2D eigenvalue weighted by molar-refractivity contribution is 0.292. The van der Waals surface area contributed by atoms with Gasteiger partial charge in [0.2, 0.25) is 11.6 Å². The Kier molecular flexibility index (Phi) is 5.24. The van der Waals surface area contributed by atoms with Gasteiger partial charge in [0.05, 0.1) is 0 Å². The van der Waals surface area contributed by atoms with Crippen molar-refractivity contribution >= 4 is 0 Å². The van der Waals surface area contributed by atoms with Gasteiger partial charge in [-0.05, 0) is 5.41 Å². The molecule has 0 bridgehead atoms. The van der Waals surface area contributed by atoms with Crippen molar-refractivity contribution in [3.63, 3.8) is 0 Å². The van der Waals surface area contributed by atoms with Gasteiger partial charge in [-0.2, -0.15) is 0 Å². The molecule has 0 N–H and O–H groups in total. The zero-order chi connectivity index (χ0) is 21.0. The van der Waals surface area contributed by atoms with Crippen LogP contribution in [0.3, 0.4) is 0 Å². The lowest BCUT2D eigenvalue weighted by atomic mass is 9.71. The van der Waals surface area contributed by atoms with Crippen LogP contribution in [-0.2, 0) is 0 Å². The number of rotatable bonds is 2. The summed E-state index contributed by atoms with van der Waals surface area (Å²) in [6, 6.07) is 0. The summed E-state index contributed by atoms with van der Waals surface area (Å²) in [5, 5.41) is 0. The molecule has 2 aromatic carbocycles. The van der Waals surface area contributed by atoms with Crippen LogP contribution in [0, 0.1) is 63.6 Å². The van der Waals surface area contributed by atoms with E-state index in [0.717, 1.165) is 20.8 Å². The molecule has 0 fully saturated rings. The van der Waals surface area contributed by atoms with Crippen molar-refractivity contribution in [2.45, 2.75) is 26.7 Å². The molecule has 2 aromatic rings. The van der Waals surface area contributed by atoms with Gasteiger partial charge < -0.3 is 0 Å². The Morgan fingerprint density at radius 1 is 0.407 bits per heavy atom. The van der Waals surface area contributed by atoms with E-state index in [-0.39, 0.29) is 0 Å². The smallest absolute Gasteiger partial charge is 0.200 e. The molecule has 2 rings (SSSR count). The highest BCUT2D eigenvalue weighted by Gasteiger charge is 2.42. The first-order chi connectivity index (χ1) is 12.2. The fourth-order valence-corrected chi connectivity index (χ4v) is 2.76. The van der Waals surface area contributed by atoms with E-state index in [0.29, 0.717) is 0 Å². The highest BCUT2D eigenvalue weighted by molar-refractivity contribution is 5.40. The number of hydrogen-bond donors (Lipinski definition) is 0. The number of hydrogen-bond acceptors (Lipinski definition) is 0. The Hall–Kier alpha value is -2.26. The predicted octanol–water partition coefficient (Wildman–Crippen LogP) is 6.26. The van der Waals surface area contributed by atoms with E-state index in [1.54, 1.807) is 0 Å². The molecule has 0 heterocycles. The maximum atomic E-state index is 14.2. The topological polar surface area (TPSA) is 0 Å². The second-order valence-corrected chi connectivity index (χ2v) is 6.77. The predicted molar refractivity (Wildman–Crippen MR) is 73.8 cm³/mol. The quantitative estimate of drug-likeness (QED) is 0.315. The number of halogens is 10. The molecule has 0 spiro atoms. The molecular formula is C17H10F10. The van der Waals surface area contributed by atoms with Gasteiger partial charge >= 0.3 is 0 Å². The zero-order valence-corrected chi connectivity index (χ0v) is 13.9. The van der Waals surface area contributed by atoms with E-state index in [9.17, 15) is 43.9 Å². The van der Waals surface area contributed by atoms with Crippen molar-refractivity contribution in [3.8, 4) is 0 Å². The lowest BCUT2D eigenvalue weighted by Gasteiger charge is -2.33. The summed E-state index contributed by atoms with van der Waals surface area (Å²) in [4.78, 5) is 0. The van der Waals surface area contributed by atoms with Gasteiger partial charge in [-0.25, -0.2) is 43.9 Å². The Bertz CT molecular complexity index is 799. The van der Waals surface area contributed by atoms with Crippen molar-refractivity contribution in [1.82, 2.24) is 0 Å². The third kappa shape index (κ3) is 3.14. The third-order valence-electron chi connectivity index (χ3n) is 3.93. The van der Waals surface area contributed by atoms with Crippen molar-refractivity contribution in [3.05, 3.63) is 69.3 Å². The molecule has 0 aliphatic heterocycles. The molecule has 0 nitrogen and oxygen atoms in total. The zero-order valence-electron chi connectivity index (χ0n) is 13.9. The monoisotopic (exact) mass is 404 g/mol. The van der Waals surface area contributed by atoms with Crippen LogP contribution in [0.15, 0.2) is 0 Å². The van der Waals surface area contributed by atoms with Crippen molar-refractivity contribution in [2.75, 3.05) is 0 Å². The second kappa shape index (κ2) is 6.72. The van der Waals surface area contributed by atoms with Gasteiger partial charge in [0.1, 0.15) is 0 Å². The van der Waals surface area contributed by atoms with Gasteiger partial charge in [-0.1, -0.05) is 20.8 Å². The molecule has 0 saturated heterocycles. The molecule has 27 heavy (non-hydrogen) atoms. The minimum Gasteiger partial charge on any atom is -0.203 e. The maximum Gasteiger partial charge on any atom is 0.200 e. The van der Waals surface area contributed by atoms with Crippen molar-refractivity contribution in [1.29, 1.82) is 0 Å². The average Bonchev–Trinajstić information content (AvgIpc) is 2.59. The van der Waals surface area contributed by atoms with Crippen LogP contribution < -0.4 is 0 Å². The van der Waals surface area contributed by atoms with Gasteiger partial charge in [-0.3, -0.25) is 0 Å². The molecule has 148 valence electrons. The minimum absolute atomic E-state index is 1.06. The van der Waals surface area contributed by atoms with E-state index in [1.165, 1.54) is 0 Å². The molecule has 0 saturated carbocycles. The van der Waals surface area contributed by atoms with Crippen LogP contribution in [0.4, 0.5) is 43.9 Å². The van der Waals surface area contributed by atoms with E-state index in [2.05, 4.69) is 0 Å². The Morgan fingerprint density at radius 2 is 0.593 bits per heavy atom. The molecule has 0 atom stereocenters. The maximum absolute atomic E-state index is 14.2. The molecule has 0 amide bonds. The standard InChI is InChI=1S/C17H10F10/c1-17(2,3)6(4-7(18)11(22)15(26)12(23)8(4)19)5-9(20)13(24)16(27)14(25)10(5)21/h6H,1-3H3. The van der Waals surface area contributed by atoms with E-state index < -0.39 is 80.6 Å². The van der Waals surface area contributed by atoms with E-state index in [1.807, 2.05) is 0 Å². The first kappa shape index (κ1) is 21.0. The summed E-state index contributed by atoms with van der Waals surface area (Å²) in [6.07, 6.45) is 0. The SMILES string of the molecule is CC(C)(C)C(c1c(F)c(F)c(F)c(F)c1F)c1c(F)c(F)c(F)c(F)c1F. The lowest BCUT2D eigenvalue weighted by Crippen LogP contribution is -2.27. The summed E-state index contributed by atoms with van der Waals surface area (Å²) in [6.45, 7) is 3.19. The van der Waals surface area contributed by atoms with E-state index >= 15 is 0 Å². The Morgan fingerprint density at radius 3 is 0.778 bits per heavy atom. The molecule has 0 aliphatic rings. The third-order valence-corrected chi connectivity index (χ3v) is 3.93. The Balaban J connectivity index is 3.04. The fraction of sp³-hybridized carbons (Fsp3) is 0.294. The first-order valence-corrected chi connectivity index (χ1v) is 7.26. The van der Waals surface area contributed by atoms with Gasteiger partial charge in [0, 0.05) is 17.0 Å². The van der Waals surface area contributed by atoms with Gasteiger partial charge in [0.25, 0.3) is 0 Å². The minimum atomic E-state index is -2.53. The van der Waals surface area contributed by atoms with Gasteiger partial charge in [0.15, 0.2) is 46.5 Å². The summed E-state index contributed by atoms with van der Waals surface area (Å²) >= 11 is 0. The average molecular weight is 404 g/mol. The van der Waals surface area contributed by atoms with Crippen molar-refractivity contribution in [2.24, 2.45) is 5.41 Å². The van der Waals surface area contributed by atoms with Crippen LogP contribution in [-0.4, -0.2) is 0 Å². The fourth-order valence-electron chi connectivity index (χ4n) is 2.76. The highest BCUT2D eigenvalue weighted by atomic mass is 19.2. The molecule has 0 aliphatic carbocycles. The summed E-state index contributed by atoms with van der Waals surface area (Å²) in [5.74, 6) is -26.9. The largest absolute Gasteiger partial charge is 0.203 e. The summed E-state index contributed by atoms with van der Waals surface area (Å²) < 4.78 is 137. The molecule has 0 radical (unpaired) electrons. The molecule has 10 heteroatoms. The van der Waals surface area contributed by atoms with Crippen molar-refractivity contribution < 1.29 is 43.9 Å². The summed E-state index contributed by atoms with van der Waals surface area (Å²) in [5.41, 5.74) is -5.14. The first-order valence-electron chi connectivity index (χ1n) is 7.26. The van der Waals surface area contributed by atoms with Crippen LogP contribution in [0.25, 0.3) is 0 Å². The second-order valence-electron chi connectivity index (χ2n) is 6.77. The van der Waals surface area contributed by atoms with Crippen LogP contribution in [0.1, 0.15) is 37.8 Å². The molecular weight excluding hydrogens is 394 g/mol. The number of benzene rings is 2. The Labute approximate surface area is 146 Å². The van der Waals surface area contributed by atoms with Crippen LogP contribution in [0.5, 0.6) is 0 Å². The highest BCUT2D eigenvalue weighted by Crippen LogP contribution is 2.46. The van der Waals surface area contributed by atoms with Crippen LogP contribution in [0.2, 0.25) is 0 Å². The van der Waals surface area contributed by atoms with Crippen LogP contribution >= 0.6 is 0 Å².